The Hall–Kier alpha value is -5.10. The van der Waals surface area contributed by atoms with Crippen molar-refractivity contribution in [3.05, 3.63) is 107 Å². The minimum atomic E-state index is -4.61. The summed E-state index contributed by atoms with van der Waals surface area (Å²) in [7, 11) is -7.20. The lowest BCUT2D eigenvalue weighted by atomic mass is 10.00. The smallest absolute Gasteiger partial charge is 0.362 e. The molecule has 55 heavy (non-hydrogen) atoms. The molecule has 0 radical (unpaired) electrons. The van der Waals surface area contributed by atoms with Gasteiger partial charge in [0.2, 0.25) is 5.88 Å². The zero-order chi connectivity index (χ0) is 39.1. The quantitative estimate of drug-likeness (QED) is 0.0929. The van der Waals surface area contributed by atoms with E-state index in [-0.39, 0.29) is 34.5 Å². The van der Waals surface area contributed by atoms with Crippen LogP contribution in [0.15, 0.2) is 88.8 Å². The molecule has 0 spiro atoms. The van der Waals surface area contributed by atoms with Crippen LogP contribution in [0.25, 0.3) is 22.0 Å². The molecular weight excluding hydrogens is 753 g/mol. The standard InChI is InChI=1S/C38H40F2N7O6S2/c1-3-28-20-31-32(37(41)47(48)23-44-14-15-45-13-7-8-29(45)22-44)16-25(18-35(31)46(28)24-54(49,50)30-9-5-4-6-10-30)26-17-34(38(53-2)42-21-26)43-55(51,52)36-12-11-27(39)19-33(36)40/h4-6,9-12,16-21,29,41,43H,3,7-8,13-15,22-24H2,1-2H3/q+1. The number of halogens is 2. The number of aryl methyl sites for hydroxylation is 1. The summed E-state index contributed by atoms with van der Waals surface area (Å²) in [5.74, 6) is -3.16. The number of benzene rings is 3. The predicted octanol–water partition coefficient (Wildman–Crippen LogP) is 5.63. The molecule has 2 saturated heterocycles. The summed E-state index contributed by atoms with van der Waals surface area (Å²) in [4.78, 5) is 21.9. The van der Waals surface area contributed by atoms with Crippen LogP contribution in [0.2, 0.25) is 0 Å². The average Bonchev–Trinajstić information content (AvgIpc) is 3.78. The molecule has 2 fully saturated rings. The first-order valence-corrected chi connectivity index (χ1v) is 20.9. The molecule has 2 aliphatic heterocycles. The van der Waals surface area contributed by atoms with E-state index in [4.69, 9.17) is 4.74 Å². The number of piperazine rings is 1. The Labute approximate surface area is 317 Å². The summed E-state index contributed by atoms with van der Waals surface area (Å²) in [6, 6.07) is 17.0. The van der Waals surface area contributed by atoms with Crippen molar-refractivity contribution in [3.8, 4) is 17.0 Å². The van der Waals surface area contributed by atoms with Crippen LogP contribution in [0.4, 0.5) is 14.5 Å². The van der Waals surface area contributed by atoms with E-state index in [9.17, 15) is 35.9 Å². The molecule has 0 aliphatic carbocycles. The SMILES string of the molecule is CCc1cc2c(C(=N)[N+](=O)CN3CCN4CCCC4C3)cc(-c3cnc(OC)c(NS(=O)(=O)c4ccc(F)cc4F)c3)cc2n1CS(=O)(=O)c1ccccc1. The van der Waals surface area contributed by atoms with Crippen molar-refractivity contribution in [1.29, 1.82) is 5.41 Å². The van der Waals surface area contributed by atoms with Gasteiger partial charge in [-0.1, -0.05) is 35.4 Å². The molecule has 288 valence electrons. The maximum absolute atomic E-state index is 14.6. The van der Waals surface area contributed by atoms with E-state index < -0.39 is 42.3 Å². The van der Waals surface area contributed by atoms with Crippen molar-refractivity contribution in [2.24, 2.45) is 0 Å². The second-order valence-electron chi connectivity index (χ2n) is 13.7. The molecule has 5 aromatic rings. The number of anilines is 1. The zero-order valence-electron chi connectivity index (χ0n) is 30.2. The van der Waals surface area contributed by atoms with Crippen LogP contribution < -0.4 is 9.46 Å². The summed E-state index contributed by atoms with van der Waals surface area (Å²) in [5.41, 5.74) is 1.82. The molecule has 2 aromatic heterocycles. The maximum Gasteiger partial charge on any atom is 0.362 e. The highest BCUT2D eigenvalue weighted by Gasteiger charge is 2.34. The number of hydrogen-bond donors (Lipinski definition) is 2. The van der Waals surface area contributed by atoms with Crippen molar-refractivity contribution in [3.63, 3.8) is 0 Å². The van der Waals surface area contributed by atoms with Gasteiger partial charge in [-0.2, -0.15) is 0 Å². The lowest BCUT2D eigenvalue weighted by Crippen LogP contribution is -2.52. The van der Waals surface area contributed by atoms with Crippen molar-refractivity contribution < 1.29 is 35.1 Å². The van der Waals surface area contributed by atoms with Crippen molar-refractivity contribution in [1.82, 2.24) is 19.4 Å². The molecule has 0 amide bonds. The van der Waals surface area contributed by atoms with Gasteiger partial charge in [-0.25, -0.2) is 30.6 Å². The molecule has 7 rings (SSSR count). The predicted molar refractivity (Wildman–Crippen MR) is 203 cm³/mol. The van der Waals surface area contributed by atoms with Crippen LogP contribution in [0.1, 0.15) is 31.0 Å². The largest absolute Gasteiger partial charge is 0.480 e. The number of pyridine rings is 1. The second-order valence-corrected chi connectivity index (χ2v) is 17.3. The van der Waals surface area contributed by atoms with Crippen LogP contribution in [-0.2, 0) is 32.2 Å². The first-order valence-electron chi connectivity index (χ1n) is 17.7. The highest BCUT2D eigenvalue weighted by Crippen LogP contribution is 2.36. The topological polar surface area (TPSA) is 158 Å². The van der Waals surface area contributed by atoms with Gasteiger partial charge < -0.3 is 9.30 Å². The van der Waals surface area contributed by atoms with E-state index in [1.807, 2.05) is 11.8 Å². The third kappa shape index (κ3) is 7.74. The Morgan fingerprint density at radius 1 is 1.00 bits per heavy atom. The Kier molecular flexibility index (Phi) is 10.6. The van der Waals surface area contributed by atoms with Crippen LogP contribution >= 0.6 is 0 Å². The minimum Gasteiger partial charge on any atom is -0.480 e. The Balaban J connectivity index is 1.33. The number of aromatic nitrogens is 2. The number of amidine groups is 1. The van der Waals surface area contributed by atoms with Crippen LogP contribution in [0.5, 0.6) is 5.88 Å². The number of ether oxygens (including phenoxy) is 1. The molecule has 2 N–H and O–H groups in total. The van der Waals surface area contributed by atoms with E-state index in [1.54, 1.807) is 41.0 Å². The van der Waals surface area contributed by atoms with E-state index in [0.29, 0.717) is 64.1 Å². The normalized spacial score (nSPS) is 16.6. The summed E-state index contributed by atoms with van der Waals surface area (Å²) in [5, 5.41) is 9.70. The molecule has 2 aliphatic rings. The summed E-state index contributed by atoms with van der Waals surface area (Å²) in [6.45, 7) is 5.13. The lowest BCUT2D eigenvalue weighted by Gasteiger charge is -2.35. The molecule has 17 heteroatoms. The number of hydrogen-bond acceptors (Lipinski definition) is 10. The van der Waals surface area contributed by atoms with Gasteiger partial charge in [-0.05, 0) is 84.7 Å². The average molecular weight is 793 g/mol. The molecule has 4 heterocycles. The first-order chi connectivity index (χ1) is 26.3. The van der Waals surface area contributed by atoms with Gasteiger partial charge in [0, 0.05) is 54.6 Å². The van der Waals surface area contributed by atoms with E-state index in [1.165, 1.54) is 31.5 Å². The molecule has 1 atom stereocenters. The Morgan fingerprint density at radius 2 is 1.78 bits per heavy atom. The molecule has 1 unspecified atom stereocenters. The summed E-state index contributed by atoms with van der Waals surface area (Å²) >= 11 is 0. The molecular formula is C38H40F2N7O6S2+. The van der Waals surface area contributed by atoms with Gasteiger partial charge in [-0.3, -0.25) is 14.5 Å². The van der Waals surface area contributed by atoms with E-state index in [0.717, 1.165) is 38.1 Å². The Morgan fingerprint density at radius 3 is 2.51 bits per heavy atom. The summed E-state index contributed by atoms with van der Waals surface area (Å²) in [6.07, 6.45) is 4.00. The molecule has 0 bridgehead atoms. The van der Waals surface area contributed by atoms with Gasteiger partial charge in [-0.15, -0.1) is 0 Å². The lowest BCUT2D eigenvalue weighted by molar-refractivity contribution is -0.460. The van der Waals surface area contributed by atoms with Gasteiger partial charge in [0.1, 0.15) is 28.1 Å². The third-order valence-electron chi connectivity index (χ3n) is 10.2. The number of nitrogens with zero attached hydrogens (tertiary/aromatic N) is 5. The number of sulfonamides is 1. The van der Waals surface area contributed by atoms with Crippen molar-refractivity contribution in [2.45, 2.75) is 47.9 Å². The number of fused-ring (bicyclic) bond motifs is 2. The number of methoxy groups -OCH3 is 1. The van der Waals surface area contributed by atoms with E-state index in [2.05, 4.69) is 14.6 Å². The number of nitrogens with one attached hydrogen (secondary N) is 2. The fourth-order valence-corrected chi connectivity index (χ4v) is 9.88. The van der Waals surface area contributed by atoms with Gasteiger partial charge >= 0.3 is 5.84 Å². The van der Waals surface area contributed by atoms with Crippen LogP contribution in [-0.4, -0.2) is 92.8 Å². The maximum atomic E-state index is 14.6. The fourth-order valence-electron chi connectivity index (χ4n) is 7.40. The number of nitroso groups, excluding NO2 is 1. The van der Waals surface area contributed by atoms with Crippen LogP contribution in [0, 0.1) is 22.0 Å². The fraction of sp³-hybridized carbons (Fsp3) is 0.316. The van der Waals surface area contributed by atoms with Gasteiger partial charge in [0.15, 0.2) is 16.5 Å². The highest BCUT2D eigenvalue weighted by molar-refractivity contribution is 7.92. The molecule has 3 aromatic carbocycles. The minimum absolute atomic E-state index is 0.0331. The number of sulfone groups is 1. The number of rotatable bonds is 12. The summed E-state index contributed by atoms with van der Waals surface area (Å²) < 4.78 is 92.2. The van der Waals surface area contributed by atoms with Gasteiger partial charge in [0.25, 0.3) is 10.0 Å². The van der Waals surface area contributed by atoms with Crippen LogP contribution in [0.3, 0.4) is 0 Å². The monoisotopic (exact) mass is 792 g/mol. The first kappa shape index (κ1) is 38.2. The second kappa shape index (κ2) is 15.2. The Bertz CT molecular complexity index is 2530. The van der Waals surface area contributed by atoms with Gasteiger partial charge in [0.05, 0.1) is 23.1 Å². The zero-order valence-corrected chi connectivity index (χ0v) is 31.8. The van der Waals surface area contributed by atoms with Crippen molar-refractivity contribution >= 4 is 42.3 Å². The van der Waals surface area contributed by atoms with E-state index >= 15 is 0 Å². The van der Waals surface area contributed by atoms with Crippen molar-refractivity contribution in [2.75, 3.05) is 44.7 Å². The molecule has 13 nitrogen and oxygen atoms in total. The highest BCUT2D eigenvalue weighted by atomic mass is 32.2. The molecule has 0 saturated carbocycles. The third-order valence-corrected chi connectivity index (χ3v) is 13.2.